The maximum absolute atomic E-state index is 5.72. The molecule has 0 spiro atoms. The van der Waals surface area contributed by atoms with Gasteiger partial charge in [-0.05, 0) is 104 Å². The number of aliphatic imine (C=N–C) groups is 1. The number of thiol groups is 1. The van der Waals surface area contributed by atoms with Crippen molar-refractivity contribution in [2.45, 2.75) is 97.1 Å². The van der Waals surface area contributed by atoms with Crippen LogP contribution in [0.25, 0.3) is 34.2 Å². The molecule has 1 atom stereocenters. The molecule has 288 valence electrons. The van der Waals surface area contributed by atoms with Gasteiger partial charge in [0.15, 0.2) is 37.6 Å². The van der Waals surface area contributed by atoms with Gasteiger partial charge >= 0.3 is 0 Å². The first-order valence-electron chi connectivity index (χ1n) is 18.2. The summed E-state index contributed by atoms with van der Waals surface area (Å²) in [4.78, 5) is 6.93. The van der Waals surface area contributed by atoms with Crippen LogP contribution in [0.15, 0.2) is 61.4 Å². The molecule has 17 heteroatoms. The van der Waals surface area contributed by atoms with E-state index < -0.39 is 0 Å². The lowest BCUT2D eigenvalue weighted by Gasteiger charge is -2.16. The summed E-state index contributed by atoms with van der Waals surface area (Å²) >= 11 is 23.2. The predicted octanol–water partition coefficient (Wildman–Crippen LogP) is 10.7. The Morgan fingerprint density at radius 3 is 1.56 bits per heavy atom. The zero-order valence-corrected chi connectivity index (χ0v) is 36.4. The van der Waals surface area contributed by atoms with Crippen LogP contribution in [0, 0.1) is 38.0 Å². The molecule has 3 aromatic heterocycles. The largest absolute Gasteiger partial charge is 0.300 e. The third kappa shape index (κ3) is 10.2. The van der Waals surface area contributed by atoms with Gasteiger partial charge in [-0.15, -0.1) is 5.11 Å². The second kappa shape index (κ2) is 18.4. The second-order valence-corrected chi connectivity index (χ2v) is 18.0. The second-order valence-electron chi connectivity index (χ2n) is 15.0. The first kappa shape index (κ1) is 41.6. The molecule has 1 unspecified atom stereocenters. The molecule has 3 heterocycles. The highest BCUT2D eigenvalue weighted by molar-refractivity contribution is 7.99. The summed E-state index contributed by atoms with van der Waals surface area (Å²) in [5, 5.41) is 31.9. The third-order valence-electron chi connectivity index (χ3n) is 8.03. The summed E-state index contributed by atoms with van der Waals surface area (Å²) < 4.78 is 7.85. The standard InChI is InChI=1S/C37H50N12S5/c1-20(2)16-38-31(40-39-24(9)50)29-14-25(10-12-27(29)32-41-44-35(51)47(32)17-21(3)4)54-26-11-13-28(33-42-45-36(52)48(33)18-22(5)6)30(15-26)34-43-46-37(53)49(34)19-23(7)8/h10-15,20-24,50H,16-19H2,1-9H3,(H,44,51)(H,45,52)(H,46,53). The number of hydrogen-bond acceptors (Lipinski definition) is 10. The van der Waals surface area contributed by atoms with Crippen molar-refractivity contribution in [3.8, 4) is 34.2 Å². The number of nitrogens with one attached hydrogen (secondary N) is 3. The highest BCUT2D eigenvalue weighted by Gasteiger charge is 2.22. The van der Waals surface area contributed by atoms with Gasteiger partial charge in [0, 0.05) is 58.2 Å². The summed E-state index contributed by atoms with van der Waals surface area (Å²) in [6, 6.07) is 12.6. The van der Waals surface area contributed by atoms with Crippen molar-refractivity contribution in [1.82, 2.24) is 44.3 Å². The van der Waals surface area contributed by atoms with E-state index in [0.29, 0.717) is 63.5 Å². The molecule has 0 amide bonds. The first-order valence-corrected chi connectivity index (χ1v) is 20.7. The number of benzene rings is 2. The number of H-pyrrole nitrogens is 3. The molecule has 5 aromatic rings. The van der Waals surface area contributed by atoms with Crippen molar-refractivity contribution in [3.63, 3.8) is 0 Å². The van der Waals surface area contributed by atoms with Crippen LogP contribution >= 0.6 is 61.0 Å². The Bertz CT molecular complexity index is 2300. The van der Waals surface area contributed by atoms with E-state index in [2.05, 4.69) is 149 Å². The van der Waals surface area contributed by atoms with E-state index in [4.69, 9.17) is 46.7 Å². The van der Waals surface area contributed by atoms with Crippen molar-refractivity contribution in [2.75, 3.05) is 6.54 Å². The normalized spacial score (nSPS) is 13.1. The summed E-state index contributed by atoms with van der Waals surface area (Å²) in [6.07, 6.45) is 0. The monoisotopic (exact) mass is 822 g/mol. The average Bonchev–Trinajstić information content (AvgIpc) is 3.76. The lowest BCUT2D eigenvalue weighted by molar-refractivity contribution is 0.520. The maximum atomic E-state index is 5.72. The predicted molar refractivity (Wildman–Crippen MR) is 230 cm³/mol. The Balaban J connectivity index is 1.69. The third-order valence-corrected chi connectivity index (χ3v) is 10.0. The number of nitrogens with zero attached hydrogens (tertiary/aromatic N) is 9. The average molecular weight is 823 g/mol. The van der Waals surface area contributed by atoms with Gasteiger partial charge in [-0.3, -0.25) is 34.0 Å². The molecule has 2 aromatic carbocycles. The molecule has 0 fully saturated rings. The van der Waals surface area contributed by atoms with Gasteiger partial charge in [0.2, 0.25) is 0 Å². The molecular formula is C37H50N12S5. The van der Waals surface area contributed by atoms with Crippen LogP contribution in [0.5, 0.6) is 0 Å². The van der Waals surface area contributed by atoms with E-state index in [1.54, 1.807) is 11.8 Å². The molecule has 3 N–H and O–H groups in total. The quantitative estimate of drug-likeness (QED) is 0.0271. The molecule has 0 saturated carbocycles. The van der Waals surface area contributed by atoms with Gasteiger partial charge in [0.1, 0.15) is 5.37 Å². The number of aromatic amines is 3. The summed E-state index contributed by atoms with van der Waals surface area (Å²) in [5.41, 5.74) is 3.45. The van der Waals surface area contributed by atoms with Gasteiger partial charge < -0.3 is 0 Å². The van der Waals surface area contributed by atoms with Crippen LogP contribution in [0.1, 0.15) is 67.9 Å². The number of hydrogen-bond donors (Lipinski definition) is 4. The fourth-order valence-electron chi connectivity index (χ4n) is 5.82. The molecule has 0 aliphatic rings. The summed E-state index contributed by atoms with van der Waals surface area (Å²) in [5.74, 6) is 4.11. The van der Waals surface area contributed by atoms with E-state index in [1.807, 2.05) is 11.5 Å². The van der Waals surface area contributed by atoms with Gasteiger partial charge in [-0.2, -0.15) is 33.0 Å². The highest BCUT2D eigenvalue weighted by Crippen LogP contribution is 2.38. The Labute approximate surface area is 342 Å². The molecule has 12 nitrogen and oxygen atoms in total. The van der Waals surface area contributed by atoms with E-state index in [9.17, 15) is 0 Å². The smallest absolute Gasteiger partial charge is 0.195 e. The minimum Gasteiger partial charge on any atom is -0.300 e. The number of rotatable bonds is 15. The van der Waals surface area contributed by atoms with Crippen molar-refractivity contribution in [3.05, 3.63) is 56.3 Å². The molecule has 0 bridgehead atoms. The Kier molecular flexibility index (Phi) is 14.2. The zero-order chi connectivity index (χ0) is 39.3. The van der Waals surface area contributed by atoms with E-state index >= 15 is 0 Å². The summed E-state index contributed by atoms with van der Waals surface area (Å²) in [6.45, 7) is 21.8. The minimum absolute atomic E-state index is 0.302. The lowest BCUT2D eigenvalue weighted by atomic mass is 10.0. The molecule has 0 aliphatic carbocycles. The number of amidine groups is 1. The number of aromatic nitrogens is 9. The van der Waals surface area contributed by atoms with Crippen molar-refractivity contribution >= 4 is 66.9 Å². The van der Waals surface area contributed by atoms with Crippen LogP contribution in [0.3, 0.4) is 0 Å². The van der Waals surface area contributed by atoms with Crippen molar-refractivity contribution in [2.24, 2.45) is 38.9 Å². The fraction of sp³-hybridized carbons (Fsp3) is 0.486. The lowest BCUT2D eigenvalue weighted by Crippen LogP contribution is -2.10. The maximum Gasteiger partial charge on any atom is 0.195 e. The van der Waals surface area contributed by atoms with Crippen LogP contribution in [0.4, 0.5) is 0 Å². The van der Waals surface area contributed by atoms with Crippen LogP contribution < -0.4 is 0 Å². The van der Waals surface area contributed by atoms with Gasteiger partial charge in [0.05, 0.1) is 0 Å². The molecule has 0 radical (unpaired) electrons. The van der Waals surface area contributed by atoms with Gasteiger partial charge in [0.25, 0.3) is 0 Å². The minimum atomic E-state index is -0.302. The first-order chi connectivity index (χ1) is 25.6. The molecule has 0 saturated heterocycles. The van der Waals surface area contributed by atoms with Crippen molar-refractivity contribution < 1.29 is 0 Å². The van der Waals surface area contributed by atoms with Crippen LogP contribution in [0.2, 0.25) is 0 Å². The van der Waals surface area contributed by atoms with E-state index in [1.165, 1.54) is 0 Å². The Hall–Kier alpha value is -3.51. The van der Waals surface area contributed by atoms with E-state index in [-0.39, 0.29) is 5.37 Å². The topological polar surface area (TPSA) is 138 Å². The van der Waals surface area contributed by atoms with Gasteiger partial charge in [-0.25, -0.2) is 0 Å². The number of azo groups is 1. The summed E-state index contributed by atoms with van der Waals surface area (Å²) in [7, 11) is 0. The van der Waals surface area contributed by atoms with Gasteiger partial charge in [-0.1, -0.05) is 67.2 Å². The van der Waals surface area contributed by atoms with Crippen LogP contribution in [-0.4, -0.2) is 62.0 Å². The SMILES string of the molecule is CC(C)CN=C(N=NC(C)S)c1cc(Sc2ccc(-c3n[nH]c(=S)n3CC(C)C)c(-c3n[nH]c(=S)n3CC(C)C)c2)ccc1-c1n[nH]c(=S)n1CC(C)C. The van der Waals surface area contributed by atoms with Crippen LogP contribution in [-0.2, 0) is 19.6 Å². The molecule has 5 rings (SSSR count). The Morgan fingerprint density at radius 1 is 0.648 bits per heavy atom. The highest BCUT2D eigenvalue weighted by atomic mass is 32.2. The zero-order valence-electron chi connectivity index (χ0n) is 32.3. The fourth-order valence-corrected chi connectivity index (χ4v) is 7.39. The molecule has 54 heavy (non-hydrogen) atoms. The van der Waals surface area contributed by atoms with Crippen molar-refractivity contribution in [1.29, 1.82) is 0 Å². The van der Waals surface area contributed by atoms with E-state index in [0.717, 1.165) is 56.1 Å². The Morgan fingerprint density at radius 2 is 1.09 bits per heavy atom. The molecular weight excluding hydrogens is 773 g/mol. The molecule has 0 aliphatic heterocycles.